The summed E-state index contributed by atoms with van der Waals surface area (Å²) in [5.74, 6) is 0.707. The highest BCUT2D eigenvalue weighted by atomic mass is 16.5. The van der Waals surface area contributed by atoms with Gasteiger partial charge in [-0.25, -0.2) is 0 Å². The number of hydrogen-bond acceptors (Lipinski definition) is 3. The molecule has 1 rings (SSSR count). The predicted molar refractivity (Wildman–Crippen MR) is 58.4 cm³/mol. The Morgan fingerprint density at radius 1 is 1.27 bits per heavy atom. The summed E-state index contributed by atoms with van der Waals surface area (Å²) in [7, 11) is 0. The normalized spacial score (nSPS) is 10.0. The zero-order chi connectivity index (χ0) is 11.1. The first-order chi connectivity index (χ1) is 7.27. The Labute approximate surface area is 90.0 Å². The summed E-state index contributed by atoms with van der Waals surface area (Å²) in [4.78, 5) is 11.6. The number of rotatable bonds is 6. The first kappa shape index (κ1) is 11.7. The molecule has 0 aliphatic heterocycles. The minimum Gasteiger partial charge on any atom is -0.494 e. The number of carbonyl (C=O) groups is 1. The number of ether oxygens (including phenoxy) is 2. The first-order valence-corrected chi connectivity index (χ1v) is 5.11. The fourth-order valence-corrected chi connectivity index (χ4v) is 1.20. The fourth-order valence-electron chi connectivity index (χ4n) is 1.20. The van der Waals surface area contributed by atoms with Gasteiger partial charge in [-0.05, 0) is 26.0 Å². The number of carbonyl (C=O) groups excluding carboxylic acids is 1. The van der Waals surface area contributed by atoms with Gasteiger partial charge in [0.05, 0.1) is 6.61 Å². The van der Waals surface area contributed by atoms with Gasteiger partial charge in [0.25, 0.3) is 0 Å². The van der Waals surface area contributed by atoms with Crippen molar-refractivity contribution in [3.63, 3.8) is 0 Å². The Kier molecular flexibility index (Phi) is 4.84. The second kappa shape index (κ2) is 6.19. The van der Waals surface area contributed by atoms with Crippen LogP contribution in [-0.4, -0.2) is 25.6 Å². The van der Waals surface area contributed by atoms with Crippen molar-refractivity contribution in [2.45, 2.75) is 13.8 Å². The predicted octanol–water partition coefficient (Wildman–Crippen LogP) is 2.30. The van der Waals surface area contributed by atoms with Crippen molar-refractivity contribution < 1.29 is 14.3 Å². The molecule has 0 saturated carbocycles. The average molecular weight is 208 g/mol. The van der Waals surface area contributed by atoms with Crippen LogP contribution in [0.25, 0.3) is 0 Å². The molecule has 1 aromatic rings. The average Bonchev–Trinajstić information content (AvgIpc) is 2.27. The molecular formula is C12H16O3. The van der Waals surface area contributed by atoms with Crippen LogP contribution in [0.5, 0.6) is 5.75 Å². The summed E-state index contributed by atoms with van der Waals surface area (Å²) < 4.78 is 10.4. The van der Waals surface area contributed by atoms with Crippen LogP contribution in [0.2, 0.25) is 0 Å². The number of ketones is 1. The van der Waals surface area contributed by atoms with Gasteiger partial charge in [-0.3, -0.25) is 4.79 Å². The van der Waals surface area contributed by atoms with E-state index in [0.29, 0.717) is 18.8 Å². The van der Waals surface area contributed by atoms with E-state index in [1.54, 1.807) is 12.1 Å². The van der Waals surface area contributed by atoms with E-state index in [9.17, 15) is 4.79 Å². The minimum absolute atomic E-state index is 0.0154. The van der Waals surface area contributed by atoms with Gasteiger partial charge in [0.2, 0.25) is 0 Å². The lowest BCUT2D eigenvalue weighted by molar-refractivity contribution is 0.0783. The van der Waals surface area contributed by atoms with Gasteiger partial charge in [-0.15, -0.1) is 0 Å². The molecule has 82 valence electrons. The molecular weight excluding hydrogens is 192 g/mol. The van der Waals surface area contributed by atoms with Crippen LogP contribution in [0.3, 0.4) is 0 Å². The molecule has 0 aliphatic carbocycles. The zero-order valence-corrected chi connectivity index (χ0v) is 9.16. The summed E-state index contributed by atoms with van der Waals surface area (Å²) in [5, 5.41) is 0. The standard InChI is InChI=1S/C12H16O3/c1-3-14-9-12(13)10-6-5-7-11(8-10)15-4-2/h5-8H,3-4,9H2,1-2H3. The third-order valence-electron chi connectivity index (χ3n) is 1.90. The van der Waals surface area contributed by atoms with E-state index in [-0.39, 0.29) is 12.4 Å². The van der Waals surface area contributed by atoms with E-state index in [2.05, 4.69) is 0 Å². The van der Waals surface area contributed by atoms with Crippen molar-refractivity contribution in [2.24, 2.45) is 0 Å². The van der Waals surface area contributed by atoms with Gasteiger partial charge in [-0.1, -0.05) is 12.1 Å². The lowest BCUT2D eigenvalue weighted by Crippen LogP contribution is -2.09. The van der Waals surface area contributed by atoms with E-state index in [4.69, 9.17) is 9.47 Å². The van der Waals surface area contributed by atoms with Crippen molar-refractivity contribution in [1.82, 2.24) is 0 Å². The Morgan fingerprint density at radius 3 is 2.73 bits per heavy atom. The maximum Gasteiger partial charge on any atom is 0.188 e. The van der Waals surface area contributed by atoms with Crippen LogP contribution in [0.15, 0.2) is 24.3 Å². The zero-order valence-electron chi connectivity index (χ0n) is 9.16. The SMILES string of the molecule is CCOCC(=O)c1cccc(OCC)c1. The third-order valence-corrected chi connectivity index (χ3v) is 1.90. The molecule has 0 radical (unpaired) electrons. The van der Waals surface area contributed by atoms with Crippen molar-refractivity contribution in [3.8, 4) is 5.75 Å². The molecule has 0 aromatic heterocycles. The molecule has 0 aliphatic rings. The molecule has 0 amide bonds. The molecule has 0 atom stereocenters. The second-order valence-corrected chi connectivity index (χ2v) is 3.02. The summed E-state index contributed by atoms with van der Waals surface area (Å²) >= 11 is 0. The van der Waals surface area contributed by atoms with Gasteiger partial charge < -0.3 is 9.47 Å². The van der Waals surface area contributed by atoms with Crippen molar-refractivity contribution in [3.05, 3.63) is 29.8 Å². The highest BCUT2D eigenvalue weighted by Crippen LogP contribution is 2.13. The number of hydrogen-bond donors (Lipinski definition) is 0. The van der Waals surface area contributed by atoms with Crippen molar-refractivity contribution in [2.75, 3.05) is 19.8 Å². The molecule has 15 heavy (non-hydrogen) atoms. The Balaban J connectivity index is 2.67. The molecule has 0 spiro atoms. The van der Waals surface area contributed by atoms with Crippen LogP contribution >= 0.6 is 0 Å². The molecule has 0 saturated heterocycles. The van der Waals surface area contributed by atoms with E-state index < -0.39 is 0 Å². The van der Waals surface area contributed by atoms with Crippen molar-refractivity contribution >= 4 is 5.78 Å². The van der Waals surface area contributed by atoms with Gasteiger partial charge in [0, 0.05) is 12.2 Å². The van der Waals surface area contributed by atoms with Crippen LogP contribution in [0.1, 0.15) is 24.2 Å². The lowest BCUT2D eigenvalue weighted by atomic mass is 10.1. The summed E-state index contributed by atoms with van der Waals surface area (Å²) in [6, 6.07) is 7.15. The Bertz CT molecular complexity index is 320. The van der Waals surface area contributed by atoms with Gasteiger partial charge >= 0.3 is 0 Å². The quantitative estimate of drug-likeness (QED) is 0.673. The Hall–Kier alpha value is -1.35. The third kappa shape index (κ3) is 3.72. The van der Waals surface area contributed by atoms with E-state index >= 15 is 0 Å². The highest BCUT2D eigenvalue weighted by Gasteiger charge is 2.06. The van der Waals surface area contributed by atoms with Crippen LogP contribution < -0.4 is 4.74 Å². The molecule has 0 fully saturated rings. The number of benzene rings is 1. The van der Waals surface area contributed by atoms with Gasteiger partial charge in [-0.2, -0.15) is 0 Å². The molecule has 3 heteroatoms. The monoisotopic (exact) mass is 208 g/mol. The van der Waals surface area contributed by atoms with E-state index in [0.717, 1.165) is 5.75 Å². The van der Waals surface area contributed by atoms with Crippen LogP contribution in [-0.2, 0) is 4.74 Å². The lowest BCUT2D eigenvalue weighted by Gasteiger charge is -2.05. The Morgan fingerprint density at radius 2 is 2.07 bits per heavy atom. The highest BCUT2D eigenvalue weighted by molar-refractivity contribution is 5.97. The molecule has 0 heterocycles. The maximum absolute atomic E-state index is 11.6. The molecule has 1 aromatic carbocycles. The molecule has 0 unspecified atom stereocenters. The first-order valence-electron chi connectivity index (χ1n) is 5.11. The molecule has 0 bridgehead atoms. The van der Waals surface area contributed by atoms with Gasteiger partial charge in [0.1, 0.15) is 12.4 Å². The van der Waals surface area contributed by atoms with E-state index in [1.165, 1.54) is 0 Å². The van der Waals surface area contributed by atoms with Crippen LogP contribution in [0, 0.1) is 0 Å². The fraction of sp³-hybridized carbons (Fsp3) is 0.417. The van der Waals surface area contributed by atoms with Crippen molar-refractivity contribution in [1.29, 1.82) is 0 Å². The summed E-state index contributed by atoms with van der Waals surface area (Å²) in [6.07, 6.45) is 0. The summed E-state index contributed by atoms with van der Waals surface area (Å²) in [5.41, 5.74) is 0.634. The van der Waals surface area contributed by atoms with Crippen LogP contribution in [0.4, 0.5) is 0 Å². The molecule has 3 nitrogen and oxygen atoms in total. The largest absolute Gasteiger partial charge is 0.494 e. The smallest absolute Gasteiger partial charge is 0.188 e. The summed E-state index contributed by atoms with van der Waals surface area (Å²) in [6.45, 7) is 5.06. The maximum atomic E-state index is 11.6. The molecule has 0 N–H and O–H groups in total. The second-order valence-electron chi connectivity index (χ2n) is 3.02. The topological polar surface area (TPSA) is 35.5 Å². The van der Waals surface area contributed by atoms with Gasteiger partial charge in [0.15, 0.2) is 5.78 Å². The minimum atomic E-state index is -0.0154. The van der Waals surface area contributed by atoms with E-state index in [1.807, 2.05) is 26.0 Å². The number of Topliss-reactive ketones (excluding diaryl/α,β-unsaturated/α-hetero) is 1.